The SMILES string of the molecule is N=C(N)c1ccc(CNC(=O)c2cn([I-]c3ccccc3)c3ccccc23)cc1. The van der Waals surface area contributed by atoms with Gasteiger partial charge in [0.15, 0.2) is 0 Å². The zero-order valence-corrected chi connectivity index (χ0v) is 17.8. The molecule has 1 heterocycles. The Labute approximate surface area is 179 Å². The van der Waals surface area contributed by atoms with Gasteiger partial charge < -0.3 is 0 Å². The standard InChI is InChI=1S/C23H20IN4O/c25-22(26)17-12-10-16(11-13-17)14-27-23(29)20-15-28(21-9-5-4-8-19(20)21)24-18-6-2-1-3-7-18/h1-13,15H,14H2,(H3,25,26)(H,27,29)/q-1. The molecule has 0 spiro atoms. The Morgan fingerprint density at radius 3 is 2.38 bits per heavy atom. The number of nitrogens with zero attached hydrogens (tertiary/aromatic N) is 1. The fraction of sp³-hybridized carbons (Fsp3) is 0.0435. The van der Waals surface area contributed by atoms with Crippen molar-refractivity contribution in [1.82, 2.24) is 8.10 Å². The summed E-state index contributed by atoms with van der Waals surface area (Å²) in [4.78, 5) is 12.9. The first-order chi connectivity index (χ1) is 14.1. The summed E-state index contributed by atoms with van der Waals surface area (Å²) in [5.74, 6) is -0.0530. The molecule has 146 valence electrons. The summed E-state index contributed by atoms with van der Waals surface area (Å²) in [5, 5.41) is 11.4. The zero-order valence-electron chi connectivity index (χ0n) is 15.6. The molecular weight excluding hydrogens is 475 g/mol. The first kappa shape index (κ1) is 19.2. The molecule has 0 aliphatic carbocycles. The third-order valence-electron chi connectivity index (χ3n) is 4.55. The number of carbonyl (C=O) groups excluding carboxylic acids is 1. The molecule has 0 fully saturated rings. The van der Waals surface area contributed by atoms with E-state index in [0.29, 0.717) is 17.7 Å². The fourth-order valence-corrected chi connectivity index (χ4v) is 5.48. The number of nitrogens with two attached hydrogens (primary N) is 1. The number of halogens is 1. The molecule has 29 heavy (non-hydrogen) atoms. The van der Waals surface area contributed by atoms with Gasteiger partial charge in [-0.15, -0.1) is 0 Å². The van der Waals surface area contributed by atoms with E-state index in [4.69, 9.17) is 11.1 Å². The van der Waals surface area contributed by atoms with Crippen molar-refractivity contribution in [2.45, 2.75) is 6.54 Å². The number of para-hydroxylation sites is 1. The first-order valence-corrected chi connectivity index (χ1v) is 11.2. The van der Waals surface area contributed by atoms with Crippen LogP contribution in [0.4, 0.5) is 0 Å². The van der Waals surface area contributed by atoms with Gasteiger partial charge in [-0.05, 0) is 0 Å². The molecule has 1 amide bonds. The monoisotopic (exact) mass is 495 g/mol. The van der Waals surface area contributed by atoms with Crippen LogP contribution in [0.5, 0.6) is 0 Å². The number of amides is 1. The number of aromatic nitrogens is 1. The van der Waals surface area contributed by atoms with E-state index in [-0.39, 0.29) is 11.7 Å². The van der Waals surface area contributed by atoms with Crippen LogP contribution in [0.25, 0.3) is 10.9 Å². The number of nitrogen functional groups attached to an aromatic ring is 1. The van der Waals surface area contributed by atoms with Crippen molar-refractivity contribution >= 4 is 22.6 Å². The molecule has 5 nitrogen and oxygen atoms in total. The van der Waals surface area contributed by atoms with E-state index >= 15 is 0 Å². The Balaban J connectivity index is 1.55. The second-order valence-corrected chi connectivity index (χ2v) is 9.31. The average molecular weight is 495 g/mol. The van der Waals surface area contributed by atoms with Crippen molar-refractivity contribution in [2.75, 3.05) is 0 Å². The molecule has 0 radical (unpaired) electrons. The third-order valence-corrected chi connectivity index (χ3v) is 7.15. The first-order valence-electron chi connectivity index (χ1n) is 9.14. The fourth-order valence-electron chi connectivity index (χ4n) is 3.05. The van der Waals surface area contributed by atoms with Crippen LogP contribution >= 0.6 is 0 Å². The summed E-state index contributed by atoms with van der Waals surface area (Å²) in [7, 11) is 0. The van der Waals surface area contributed by atoms with Gasteiger partial charge in [0.1, 0.15) is 0 Å². The van der Waals surface area contributed by atoms with Crippen molar-refractivity contribution in [3.05, 3.63) is 105 Å². The molecule has 3 aromatic carbocycles. The summed E-state index contributed by atoms with van der Waals surface area (Å²) in [6.07, 6.45) is 1.97. The maximum atomic E-state index is 12.9. The van der Waals surface area contributed by atoms with Crippen molar-refractivity contribution in [2.24, 2.45) is 5.73 Å². The van der Waals surface area contributed by atoms with Gasteiger partial charge in [0.05, 0.1) is 0 Å². The van der Waals surface area contributed by atoms with Gasteiger partial charge in [-0.3, -0.25) is 0 Å². The Morgan fingerprint density at radius 1 is 0.966 bits per heavy atom. The van der Waals surface area contributed by atoms with E-state index in [1.807, 2.05) is 54.7 Å². The number of rotatable bonds is 6. The molecule has 0 saturated carbocycles. The summed E-state index contributed by atoms with van der Waals surface area (Å²) in [6, 6.07) is 25.7. The van der Waals surface area contributed by atoms with Crippen LogP contribution < -0.4 is 32.5 Å². The van der Waals surface area contributed by atoms with Crippen molar-refractivity contribution < 1.29 is 26.3 Å². The number of benzene rings is 3. The van der Waals surface area contributed by atoms with Gasteiger partial charge in [0, 0.05) is 0 Å². The van der Waals surface area contributed by atoms with Crippen LogP contribution in [0, 0.1) is 8.98 Å². The van der Waals surface area contributed by atoms with E-state index in [0.717, 1.165) is 16.5 Å². The van der Waals surface area contributed by atoms with Gasteiger partial charge >= 0.3 is 180 Å². The molecule has 0 atom stereocenters. The Morgan fingerprint density at radius 2 is 1.66 bits per heavy atom. The van der Waals surface area contributed by atoms with Gasteiger partial charge in [-0.25, -0.2) is 0 Å². The van der Waals surface area contributed by atoms with Crippen molar-refractivity contribution in [3.8, 4) is 0 Å². The van der Waals surface area contributed by atoms with Crippen LogP contribution in [-0.4, -0.2) is 14.5 Å². The molecule has 4 aromatic rings. The Kier molecular flexibility index (Phi) is 5.62. The second kappa shape index (κ2) is 8.48. The second-order valence-electron chi connectivity index (χ2n) is 6.54. The van der Waals surface area contributed by atoms with E-state index in [2.05, 4.69) is 26.3 Å². The van der Waals surface area contributed by atoms with E-state index in [1.165, 1.54) is 3.57 Å². The summed E-state index contributed by atoms with van der Waals surface area (Å²) in [6.45, 7) is 0.421. The van der Waals surface area contributed by atoms with Gasteiger partial charge in [0.2, 0.25) is 0 Å². The van der Waals surface area contributed by atoms with Crippen LogP contribution in [-0.2, 0) is 6.54 Å². The quantitative estimate of drug-likeness (QED) is 0.208. The summed E-state index contributed by atoms with van der Waals surface area (Å²) in [5.41, 5.74) is 8.90. The topological polar surface area (TPSA) is 83.9 Å². The van der Waals surface area contributed by atoms with Gasteiger partial charge in [-0.1, -0.05) is 0 Å². The Bertz CT molecular complexity index is 1170. The van der Waals surface area contributed by atoms with Crippen LogP contribution in [0.2, 0.25) is 0 Å². The van der Waals surface area contributed by atoms with Crippen molar-refractivity contribution in [3.63, 3.8) is 0 Å². The van der Waals surface area contributed by atoms with E-state index < -0.39 is 21.5 Å². The molecule has 0 aliphatic heterocycles. The number of amidine groups is 1. The maximum absolute atomic E-state index is 12.9. The molecular formula is C23H20IN4O-. The molecule has 0 aliphatic rings. The summed E-state index contributed by atoms with van der Waals surface area (Å²) < 4.78 is 3.52. The van der Waals surface area contributed by atoms with Crippen molar-refractivity contribution in [1.29, 1.82) is 5.41 Å². The van der Waals surface area contributed by atoms with Gasteiger partial charge in [-0.2, -0.15) is 0 Å². The molecule has 4 N–H and O–H groups in total. The number of hydrogen-bond donors (Lipinski definition) is 3. The minimum atomic E-state index is -0.438. The predicted octanol–water partition coefficient (Wildman–Crippen LogP) is 0.577. The molecule has 4 rings (SSSR count). The third kappa shape index (κ3) is 4.32. The molecule has 0 bridgehead atoms. The molecule has 1 aromatic heterocycles. The number of hydrogen-bond acceptors (Lipinski definition) is 2. The Hall–Kier alpha value is -3.13. The molecule has 0 unspecified atom stereocenters. The number of carbonyl (C=O) groups is 1. The van der Waals surface area contributed by atoms with Crippen LogP contribution in [0.3, 0.4) is 0 Å². The van der Waals surface area contributed by atoms with E-state index in [9.17, 15) is 4.79 Å². The average Bonchev–Trinajstić information content (AvgIpc) is 3.12. The predicted molar refractivity (Wildman–Crippen MR) is 111 cm³/mol. The zero-order chi connectivity index (χ0) is 20.2. The van der Waals surface area contributed by atoms with E-state index in [1.54, 1.807) is 12.1 Å². The minimum absolute atomic E-state index is 0.0371. The summed E-state index contributed by atoms with van der Waals surface area (Å²) >= 11 is -0.438. The number of nitrogens with one attached hydrogen (secondary N) is 2. The number of fused-ring (bicyclic) bond motifs is 1. The normalized spacial score (nSPS) is 10.9. The molecule has 0 saturated heterocycles. The van der Waals surface area contributed by atoms with Crippen LogP contribution in [0.1, 0.15) is 21.5 Å². The molecule has 6 heteroatoms. The van der Waals surface area contributed by atoms with Gasteiger partial charge in [0.25, 0.3) is 0 Å². The van der Waals surface area contributed by atoms with Crippen LogP contribution in [0.15, 0.2) is 85.1 Å².